The standard InChI is InChI=1S/C16H23N3O5S/c1-12-10-14(4-5-15(12)24-3)25(22,23)17-11-16(21)19-8-6-18(7-9-19)13(2)20/h4-5,10,17H,6-9,11H2,1-3H3. The van der Waals surface area contributed by atoms with Crippen molar-refractivity contribution in [3.8, 4) is 5.75 Å². The summed E-state index contributed by atoms with van der Waals surface area (Å²) >= 11 is 0. The lowest BCUT2D eigenvalue weighted by atomic mass is 10.2. The fraction of sp³-hybridized carbons (Fsp3) is 0.500. The van der Waals surface area contributed by atoms with Crippen LogP contribution in [0.25, 0.3) is 0 Å². The van der Waals surface area contributed by atoms with E-state index in [1.165, 1.54) is 26.2 Å². The molecule has 138 valence electrons. The molecule has 0 spiro atoms. The fourth-order valence-corrected chi connectivity index (χ4v) is 3.70. The molecule has 0 unspecified atom stereocenters. The third-order valence-corrected chi connectivity index (χ3v) is 5.57. The van der Waals surface area contributed by atoms with Gasteiger partial charge < -0.3 is 14.5 Å². The number of hydrogen-bond donors (Lipinski definition) is 1. The highest BCUT2D eigenvalue weighted by Crippen LogP contribution is 2.21. The van der Waals surface area contributed by atoms with Gasteiger partial charge in [-0.1, -0.05) is 0 Å². The van der Waals surface area contributed by atoms with Crippen molar-refractivity contribution >= 4 is 21.8 Å². The van der Waals surface area contributed by atoms with Gasteiger partial charge in [0.2, 0.25) is 21.8 Å². The Balaban J connectivity index is 1.94. The summed E-state index contributed by atoms with van der Waals surface area (Å²) in [5.41, 5.74) is 0.692. The maximum atomic E-state index is 12.3. The molecule has 2 rings (SSSR count). The van der Waals surface area contributed by atoms with Gasteiger partial charge in [-0.25, -0.2) is 13.1 Å². The van der Waals surface area contributed by atoms with E-state index in [1.807, 2.05) is 0 Å². The minimum atomic E-state index is -3.78. The molecule has 0 bridgehead atoms. The average Bonchev–Trinajstić information content (AvgIpc) is 2.59. The summed E-state index contributed by atoms with van der Waals surface area (Å²) in [5.74, 6) is 0.262. The molecule has 1 heterocycles. The lowest BCUT2D eigenvalue weighted by molar-refractivity contribution is -0.137. The SMILES string of the molecule is COc1ccc(S(=O)(=O)NCC(=O)N2CCN(C(C)=O)CC2)cc1C. The highest BCUT2D eigenvalue weighted by molar-refractivity contribution is 7.89. The van der Waals surface area contributed by atoms with E-state index in [4.69, 9.17) is 4.74 Å². The summed E-state index contributed by atoms with van der Waals surface area (Å²) in [6.45, 7) is 4.66. The zero-order chi connectivity index (χ0) is 18.6. The highest BCUT2D eigenvalue weighted by Gasteiger charge is 2.24. The number of sulfonamides is 1. The van der Waals surface area contributed by atoms with Crippen LogP contribution < -0.4 is 9.46 Å². The molecule has 0 aliphatic carbocycles. The van der Waals surface area contributed by atoms with Gasteiger partial charge in [-0.2, -0.15) is 0 Å². The van der Waals surface area contributed by atoms with Crippen LogP contribution in [0.4, 0.5) is 0 Å². The molecule has 1 saturated heterocycles. The molecule has 2 amide bonds. The number of ether oxygens (including phenoxy) is 1. The number of amides is 2. The molecule has 0 aromatic heterocycles. The van der Waals surface area contributed by atoms with Gasteiger partial charge >= 0.3 is 0 Å². The van der Waals surface area contributed by atoms with Crippen LogP contribution >= 0.6 is 0 Å². The first kappa shape index (κ1) is 19.2. The van der Waals surface area contributed by atoms with E-state index in [0.717, 1.165) is 0 Å². The summed E-state index contributed by atoms with van der Waals surface area (Å²) in [4.78, 5) is 26.8. The second-order valence-electron chi connectivity index (χ2n) is 5.84. The minimum absolute atomic E-state index is 0.0253. The van der Waals surface area contributed by atoms with E-state index in [9.17, 15) is 18.0 Å². The van der Waals surface area contributed by atoms with E-state index in [-0.39, 0.29) is 23.3 Å². The van der Waals surface area contributed by atoms with Crippen LogP contribution in [0.2, 0.25) is 0 Å². The predicted octanol–water partition coefficient (Wildman–Crippen LogP) is -0.0274. The maximum Gasteiger partial charge on any atom is 0.241 e. The Bertz CT molecular complexity index is 755. The molecule has 1 aliphatic rings. The van der Waals surface area contributed by atoms with Crippen molar-refractivity contribution < 1.29 is 22.7 Å². The van der Waals surface area contributed by atoms with Gasteiger partial charge in [0.15, 0.2) is 0 Å². The summed E-state index contributed by atoms with van der Waals surface area (Å²) in [7, 11) is -2.27. The number of hydrogen-bond acceptors (Lipinski definition) is 5. The molecule has 1 aromatic carbocycles. The number of nitrogens with zero attached hydrogens (tertiary/aromatic N) is 2. The Morgan fingerprint density at radius 1 is 1.16 bits per heavy atom. The van der Waals surface area contributed by atoms with Crippen LogP contribution in [0.1, 0.15) is 12.5 Å². The monoisotopic (exact) mass is 369 g/mol. The number of benzene rings is 1. The number of piperazine rings is 1. The summed E-state index contributed by atoms with van der Waals surface area (Å²) in [5, 5.41) is 0. The van der Waals surface area contributed by atoms with Gasteiger partial charge in [0.25, 0.3) is 0 Å². The predicted molar refractivity (Wildman–Crippen MR) is 91.8 cm³/mol. The van der Waals surface area contributed by atoms with Crippen LogP contribution in [0.3, 0.4) is 0 Å². The lowest BCUT2D eigenvalue weighted by Crippen LogP contribution is -2.52. The molecule has 8 nitrogen and oxygen atoms in total. The lowest BCUT2D eigenvalue weighted by Gasteiger charge is -2.34. The van der Waals surface area contributed by atoms with Crippen molar-refractivity contribution in [3.05, 3.63) is 23.8 Å². The summed E-state index contributed by atoms with van der Waals surface area (Å²) in [6, 6.07) is 4.51. The zero-order valence-corrected chi connectivity index (χ0v) is 15.4. The molecule has 0 atom stereocenters. The Hall–Kier alpha value is -2.13. The molecule has 1 aromatic rings. The van der Waals surface area contributed by atoms with Crippen molar-refractivity contribution in [2.45, 2.75) is 18.7 Å². The Labute approximate surface area is 147 Å². The summed E-state index contributed by atoms with van der Waals surface area (Å²) in [6.07, 6.45) is 0. The quantitative estimate of drug-likeness (QED) is 0.786. The Kier molecular flexibility index (Phi) is 6.02. The largest absolute Gasteiger partial charge is 0.496 e. The fourth-order valence-electron chi connectivity index (χ4n) is 2.64. The molecule has 25 heavy (non-hydrogen) atoms. The third-order valence-electron chi connectivity index (χ3n) is 4.17. The normalized spacial score (nSPS) is 15.2. The van der Waals surface area contributed by atoms with Crippen LogP contribution in [0, 0.1) is 6.92 Å². The number of methoxy groups -OCH3 is 1. The second-order valence-corrected chi connectivity index (χ2v) is 7.61. The zero-order valence-electron chi connectivity index (χ0n) is 14.6. The van der Waals surface area contributed by atoms with Crippen LogP contribution in [0.5, 0.6) is 5.75 Å². The maximum absolute atomic E-state index is 12.3. The van der Waals surface area contributed by atoms with Gasteiger partial charge in [0.1, 0.15) is 5.75 Å². The first-order chi connectivity index (χ1) is 11.7. The molecule has 1 fully saturated rings. The number of aryl methyl sites for hydroxylation is 1. The molecule has 1 aliphatic heterocycles. The van der Waals surface area contributed by atoms with E-state index >= 15 is 0 Å². The van der Waals surface area contributed by atoms with Crippen LogP contribution in [0.15, 0.2) is 23.1 Å². The van der Waals surface area contributed by atoms with E-state index < -0.39 is 10.0 Å². The second kappa shape index (κ2) is 7.83. The van der Waals surface area contributed by atoms with E-state index in [0.29, 0.717) is 37.5 Å². The van der Waals surface area contributed by atoms with Gasteiger partial charge in [0.05, 0.1) is 18.6 Å². The van der Waals surface area contributed by atoms with Crippen molar-refractivity contribution in [2.24, 2.45) is 0 Å². The van der Waals surface area contributed by atoms with Gasteiger partial charge in [-0.15, -0.1) is 0 Å². The van der Waals surface area contributed by atoms with Gasteiger partial charge in [0, 0.05) is 33.1 Å². The van der Waals surface area contributed by atoms with Crippen LogP contribution in [-0.4, -0.2) is 69.9 Å². The van der Waals surface area contributed by atoms with Crippen LogP contribution in [-0.2, 0) is 19.6 Å². The smallest absolute Gasteiger partial charge is 0.241 e. The van der Waals surface area contributed by atoms with Gasteiger partial charge in [-0.3, -0.25) is 9.59 Å². The molecule has 9 heteroatoms. The van der Waals surface area contributed by atoms with E-state index in [2.05, 4.69) is 4.72 Å². The Morgan fingerprint density at radius 2 is 1.76 bits per heavy atom. The Morgan fingerprint density at radius 3 is 2.28 bits per heavy atom. The number of carbonyl (C=O) groups is 2. The average molecular weight is 369 g/mol. The topological polar surface area (TPSA) is 96.0 Å². The number of rotatable bonds is 5. The molecule has 0 saturated carbocycles. The number of nitrogens with one attached hydrogen (secondary N) is 1. The summed E-state index contributed by atoms with van der Waals surface area (Å²) < 4.78 is 32.1. The van der Waals surface area contributed by atoms with Gasteiger partial charge in [-0.05, 0) is 30.7 Å². The first-order valence-corrected chi connectivity index (χ1v) is 9.40. The van der Waals surface area contributed by atoms with Crippen molar-refractivity contribution in [3.63, 3.8) is 0 Å². The first-order valence-electron chi connectivity index (χ1n) is 7.92. The highest BCUT2D eigenvalue weighted by atomic mass is 32.2. The molecular formula is C16H23N3O5S. The molecule has 1 N–H and O–H groups in total. The van der Waals surface area contributed by atoms with Crippen molar-refractivity contribution in [2.75, 3.05) is 39.8 Å². The van der Waals surface area contributed by atoms with Crippen molar-refractivity contribution in [1.29, 1.82) is 0 Å². The third kappa shape index (κ3) is 4.70. The minimum Gasteiger partial charge on any atom is -0.496 e. The van der Waals surface area contributed by atoms with Crippen molar-refractivity contribution in [1.82, 2.24) is 14.5 Å². The molecular weight excluding hydrogens is 346 g/mol. The number of carbonyl (C=O) groups excluding carboxylic acids is 2. The molecule has 0 radical (unpaired) electrons. The van der Waals surface area contributed by atoms with E-state index in [1.54, 1.807) is 22.8 Å².